The number of hydrogen-bond donors (Lipinski definition) is 1. The lowest BCUT2D eigenvalue weighted by Gasteiger charge is -2.12. The number of halogens is 1. The van der Waals surface area contributed by atoms with Gasteiger partial charge in [-0.05, 0) is 36.8 Å². The molecule has 0 aliphatic heterocycles. The molecule has 0 aliphatic carbocycles. The smallest absolute Gasteiger partial charge is 0.153 e. The van der Waals surface area contributed by atoms with Gasteiger partial charge in [0.15, 0.2) is 5.75 Å². The first-order valence-electron chi connectivity index (χ1n) is 5.34. The van der Waals surface area contributed by atoms with Crippen LogP contribution in [0.2, 0.25) is 0 Å². The number of nitriles is 1. The van der Waals surface area contributed by atoms with Crippen LogP contribution in [0.25, 0.3) is 0 Å². The molecule has 0 unspecified atom stereocenters. The first-order valence-corrected chi connectivity index (χ1v) is 6.13. The Bertz CT molecular complexity index is 612. The summed E-state index contributed by atoms with van der Waals surface area (Å²) in [6.45, 7) is 1.91. The quantitative estimate of drug-likeness (QED) is 0.853. The van der Waals surface area contributed by atoms with E-state index < -0.39 is 0 Å². The van der Waals surface area contributed by atoms with Crippen molar-refractivity contribution < 1.29 is 4.74 Å². The van der Waals surface area contributed by atoms with Crippen molar-refractivity contribution in [2.24, 2.45) is 0 Å². The minimum absolute atomic E-state index is 0.473. The topological polar surface area (TPSA) is 59.0 Å². The second kappa shape index (κ2) is 5.11. The van der Waals surface area contributed by atoms with Crippen molar-refractivity contribution in [1.29, 1.82) is 5.26 Å². The third kappa shape index (κ3) is 2.47. The Labute approximate surface area is 114 Å². The van der Waals surface area contributed by atoms with Crippen LogP contribution >= 0.6 is 15.9 Å². The van der Waals surface area contributed by atoms with Crippen molar-refractivity contribution in [3.63, 3.8) is 0 Å². The predicted molar refractivity (Wildman–Crippen MR) is 74.5 cm³/mol. The van der Waals surface area contributed by atoms with Crippen LogP contribution in [0.4, 0.5) is 5.69 Å². The maximum absolute atomic E-state index is 9.05. The molecule has 90 valence electrons. The average molecular weight is 303 g/mol. The highest BCUT2D eigenvalue weighted by Crippen LogP contribution is 2.33. The second-order valence-corrected chi connectivity index (χ2v) is 4.76. The number of benzene rings is 2. The lowest BCUT2D eigenvalue weighted by atomic mass is 10.2. The van der Waals surface area contributed by atoms with Gasteiger partial charge < -0.3 is 10.5 Å². The van der Waals surface area contributed by atoms with E-state index >= 15 is 0 Å². The molecule has 4 heteroatoms. The van der Waals surface area contributed by atoms with Gasteiger partial charge in [-0.25, -0.2) is 0 Å². The molecule has 0 saturated carbocycles. The maximum Gasteiger partial charge on any atom is 0.153 e. The number of aryl methyl sites for hydroxylation is 1. The van der Waals surface area contributed by atoms with Gasteiger partial charge in [0.25, 0.3) is 0 Å². The van der Waals surface area contributed by atoms with Gasteiger partial charge in [-0.3, -0.25) is 0 Å². The molecule has 18 heavy (non-hydrogen) atoms. The first-order chi connectivity index (χ1) is 8.61. The SMILES string of the molecule is Cc1cccc(N)c1Oc1cc(Br)ccc1C#N. The van der Waals surface area contributed by atoms with E-state index in [-0.39, 0.29) is 0 Å². The molecule has 0 spiro atoms. The fourth-order valence-electron chi connectivity index (χ4n) is 1.60. The van der Waals surface area contributed by atoms with Gasteiger partial charge in [0.05, 0.1) is 11.3 Å². The third-order valence-corrected chi connectivity index (χ3v) is 3.01. The zero-order valence-electron chi connectivity index (χ0n) is 9.77. The van der Waals surface area contributed by atoms with Crippen LogP contribution in [-0.4, -0.2) is 0 Å². The highest BCUT2D eigenvalue weighted by Gasteiger charge is 2.09. The maximum atomic E-state index is 9.05. The van der Waals surface area contributed by atoms with E-state index in [9.17, 15) is 0 Å². The predicted octanol–water partition coefficient (Wildman–Crippen LogP) is 4.00. The van der Waals surface area contributed by atoms with Crippen LogP contribution in [0.1, 0.15) is 11.1 Å². The molecule has 0 aliphatic rings. The number of nitrogen functional groups attached to an aromatic ring is 1. The number of nitrogens with two attached hydrogens (primary N) is 1. The lowest BCUT2D eigenvalue weighted by molar-refractivity contribution is 0.479. The summed E-state index contributed by atoms with van der Waals surface area (Å²) in [5.74, 6) is 1.08. The van der Waals surface area contributed by atoms with E-state index in [0.29, 0.717) is 22.7 Å². The Morgan fingerprint density at radius 2 is 2.06 bits per heavy atom. The van der Waals surface area contributed by atoms with E-state index in [1.165, 1.54) is 0 Å². The molecule has 3 nitrogen and oxygen atoms in total. The first kappa shape index (κ1) is 12.5. The minimum atomic E-state index is 0.473. The summed E-state index contributed by atoms with van der Waals surface area (Å²) in [7, 11) is 0. The highest BCUT2D eigenvalue weighted by atomic mass is 79.9. The van der Waals surface area contributed by atoms with Gasteiger partial charge in [-0.2, -0.15) is 5.26 Å². The summed E-state index contributed by atoms with van der Waals surface area (Å²) in [6, 6.07) is 12.9. The molecular weight excluding hydrogens is 292 g/mol. The van der Waals surface area contributed by atoms with E-state index in [4.69, 9.17) is 15.7 Å². The molecule has 2 rings (SSSR count). The number of anilines is 1. The normalized spacial score (nSPS) is 9.83. The summed E-state index contributed by atoms with van der Waals surface area (Å²) in [5.41, 5.74) is 7.84. The van der Waals surface area contributed by atoms with Crippen LogP contribution in [0.3, 0.4) is 0 Å². The summed E-state index contributed by atoms with van der Waals surface area (Å²) in [5, 5.41) is 9.05. The standard InChI is InChI=1S/C14H11BrN2O/c1-9-3-2-4-12(17)14(9)18-13-7-11(15)6-5-10(13)8-16/h2-7H,17H2,1H3. The molecular formula is C14H11BrN2O. The van der Waals surface area contributed by atoms with Gasteiger partial charge in [0.1, 0.15) is 11.8 Å². The Morgan fingerprint density at radius 1 is 1.28 bits per heavy atom. The van der Waals surface area contributed by atoms with Crippen LogP contribution < -0.4 is 10.5 Å². The minimum Gasteiger partial charge on any atom is -0.453 e. The molecule has 2 aromatic carbocycles. The molecule has 0 bridgehead atoms. The molecule has 0 fully saturated rings. The summed E-state index contributed by atoms with van der Waals surface area (Å²) < 4.78 is 6.62. The lowest BCUT2D eigenvalue weighted by Crippen LogP contribution is -1.96. The average Bonchev–Trinajstić information content (AvgIpc) is 2.34. The molecule has 0 atom stereocenters. The molecule has 0 heterocycles. The summed E-state index contributed by atoms with van der Waals surface area (Å²) in [6.07, 6.45) is 0. The van der Waals surface area contributed by atoms with Crippen LogP contribution in [0.5, 0.6) is 11.5 Å². The Morgan fingerprint density at radius 3 is 2.72 bits per heavy atom. The fourth-order valence-corrected chi connectivity index (χ4v) is 1.94. The van der Waals surface area contributed by atoms with Gasteiger partial charge in [-0.15, -0.1) is 0 Å². The fraction of sp³-hybridized carbons (Fsp3) is 0.0714. The van der Waals surface area contributed by atoms with E-state index in [0.717, 1.165) is 10.0 Å². The van der Waals surface area contributed by atoms with Crippen molar-refractivity contribution in [1.82, 2.24) is 0 Å². The summed E-state index contributed by atoms with van der Waals surface area (Å²) >= 11 is 3.36. The van der Waals surface area contributed by atoms with Crippen molar-refractivity contribution in [2.75, 3.05) is 5.73 Å². The third-order valence-electron chi connectivity index (χ3n) is 2.52. The Kier molecular flexibility index (Phi) is 3.54. The van der Waals surface area contributed by atoms with Crippen LogP contribution in [0, 0.1) is 18.3 Å². The molecule has 0 aromatic heterocycles. The van der Waals surface area contributed by atoms with Crippen molar-refractivity contribution >= 4 is 21.6 Å². The molecule has 0 amide bonds. The van der Waals surface area contributed by atoms with Gasteiger partial charge in [0, 0.05) is 4.47 Å². The van der Waals surface area contributed by atoms with E-state index in [2.05, 4.69) is 22.0 Å². The highest BCUT2D eigenvalue weighted by molar-refractivity contribution is 9.10. The number of nitrogens with zero attached hydrogens (tertiary/aromatic N) is 1. The zero-order valence-corrected chi connectivity index (χ0v) is 11.4. The number of ether oxygens (including phenoxy) is 1. The van der Waals surface area contributed by atoms with Crippen LogP contribution in [-0.2, 0) is 0 Å². The largest absolute Gasteiger partial charge is 0.453 e. The van der Waals surface area contributed by atoms with Crippen molar-refractivity contribution in [2.45, 2.75) is 6.92 Å². The molecule has 2 aromatic rings. The van der Waals surface area contributed by atoms with Crippen molar-refractivity contribution in [3.05, 3.63) is 52.0 Å². The molecule has 0 saturated heterocycles. The van der Waals surface area contributed by atoms with E-state index in [1.807, 2.05) is 19.1 Å². The number of hydrogen-bond acceptors (Lipinski definition) is 3. The van der Waals surface area contributed by atoms with E-state index in [1.54, 1.807) is 24.3 Å². The molecule has 2 N–H and O–H groups in total. The van der Waals surface area contributed by atoms with Crippen LogP contribution in [0.15, 0.2) is 40.9 Å². The Balaban J connectivity index is 2.46. The van der Waals surface area contributed by atoms with Gasteiger partial charge >= 0.3 is 0 Å². The number of rotatable bonds is 2. The number of para-hydroxylation sites is 1. The summed E-state index contributed by atoms with van der Waals surface area (Å²) in [4.78, 5) is 0. The zero-order chi connectivity index (χ0) is 13.1. The van der Waals surface area contributed by atoms with Gasteiger partial charge in [-0.1, -0.05) is 28.1 Å². The second-order valence-electron chi connectivity index (χ2n) is 3.85. The van der Waals surface area contributed by atoms with Crippen molar-refractivity contribution in [3.8, 4) is 17.6 Å². The monoisotopic (exact) mass is 302 g/mol. The van der Waals surface area contributed by atoms with Gasteiger partial charge in [0.2, 0.25) is 0 Å². The Hall–Kier alpha value is -1.99. The molecule has 0 radical (unpaired) electrons.